The number of sulfonamides is 1. The normalized spacial score (nSPS) is 18.1. The molecule has 4 nitrogen and oxygen atoms in total. The minimum absolute atomic E-state index is 0.0796. The van der Waals surface area contributed by atoms with Crippen LogP contribution < -0.4 is 5.73 Å². The lowest BCUT2D eigenvalue weighted by Gasteiger charge is -2.30. The van der Waals surface area contributed by atoms with Gasteiger partial charge in [-0.05, 0) is 40.8 Å². The van der Waals surface area contributed by atoms with E-state index >= 15 is 0 Å². The van der Waals surface area contributed by atoms with Crippen molar-refractivity contribution in [3.8, 4) is 0 Å². The molecule has 118 valence electrons. The molecule has 1 aromatic carbocycles. The maximum Gasteiger partial charge on any atom is 0.246 e. The molecule has 0 aromatic heterocycles. The Morgan fingerprint density at radius 2 is 2.05 bits per heavy atom. The molecule has 0 saturated carbocycles. The molecule has 2 N–H and O–H groups in total. The van der Waals surface area contributed by atoms with Crippen LogP contribution >= 0.6 is 27.5 Å². The van der Waals surface area contributed by atoms with Crippen LogP contribution in [-0.2, 0) is 10.0 Å². The van der Waals surface area contributed by atoms with E-state index in [9.17, 15) is 12.8 Å². The Hall–Kier alpha value is -0.370. The van der Waals surface area contributed by atoms with Gasteiger partial charge in [0, 0.05) is 13.1 Å². The lowest BCUT2D eigenvalue weighted by molar-refractivity contribution is 0.268. The van der Waals surface area contributed by atoms with Gasteiger partial charge in [-0.1, -0.05) is 24.9 Å². The summed E-state index contributed by atoms with van der Waals surface area (Å²) in [5.74, 6) is -0.427. The van der Waals surface area contributed by atoms with Crippen molar-refractivity contribution in [1.29, 1.82) is 0 Å². The van der Waals surface area contributed by atoms with Crippen LogP contribution in [0.4, 0.5) is 10.1 Å². The minimum Gasteiger partial charge on any atom is -0.395 e. The Morgan fingerprint density at radius 3 is 2.57 bits per heavy atom. The Kier molecular flexibility index (Phi) is 5.18. The topological polar surface area (TPSA) is 63.4 Å². The predicted molar refractivity (Wildman–Crippen MR) is 85.3 cm³/mol. The van der Waals surface area contributed by atoms with E-state index in [0.29, 0.717) is 19.0 Å². The molecule has 2 rings (SSSR count). The lowest BCUT2D eigenvalue weighted by atomic mass is 9.96. The number of anilines is 1. The van der Waals surface area contributed by atoms with E-state index in [1.165, 1.54) is 4.31 Å². The van der Waals surface area contributed by atoms with Crippen molar-refractivity contribution in [2.24, 2.45) is 5.92 Å². The largest absolute Gasteiger partial charge is 0.395 e. The van der Waals surface area contributed by atoms with Crippen LogP contribution in [0.1, 0.15) is 26.2 Å². The average molecular weight is 400 g/mol. The van der Waals surface area contributed by atoms with Gasteiger partial charge in [-0.3, -0.25) is 0 Å². The van der Waals surface area contributed by atoms with Gasteiger partial charge >= 0.3 is 0 Å². The number of halogens is 3. The molecular formula is C13H17BrClFN2O2S. The van der Waals surface area contributed by atoms with Crippen LogP contribution in [0.15, 0.2) is 15.4 Å². The molecule has 1 fully saturated rings. The zero-order chi connectivity index (χ0) is 15.8. The van der Waals surface area contributed by atoms with Crippen molar-refractivity contribution in [3.05, 3.63) is 21.4 Å². The van der Waals surface area contributed by atoms with Gasteiger partial charge in [0.25, 0.3) is 0 Å². The fraction of sp³-hybridized carbons (Fsp3) is 0.538. The van der Waals surface area contributed by atoms with Crippen LogP contribution in [0, 0.1) is 11.7 Å². The molecule has 0 amide bonds. The van der Waals surface area contributed by atoms with Crippen molar-refractivity contribution >= 4 is 43.2 Å². The highest BCUT2D eigenvalue weighted by Gasteiger charge is 2.32. The van der Waals surface area contributed by atoms with Gasteiger partial charge in [0.1, 0.15) is 4.90 Å². The maximum atomic E-state index is 14.2. The quantitative estimate of drug-likeness (QED) is 0.623. The maximum absolute atomic E-state index is 14.2. The summed E-state index contributed by atoms with van der Waals surface area (Å²) >= 11 is 8.94. The molecule has 1 saturated heterocycles. The molecule has 0 unspecified atom stereocenters. The average Bonchev–Trinajstić information content (AvgIpc) is 2.48. The minimum atomic E-state index is -3.91. The molecule has 0 bridgehead atoms. The van der Waals surface area contributed by atoms with Crippen molar-refractivity contribution in [3.63, 3.8) is 0 Å². The highest BCUT2D eigenvalue weighted by atomic mass is 79.9. The second-order valence-corrected chi connectivity index (χ2v) is 8.26. The van der Waals surface area contributed by atoms with E-state index in [1.54, 1.807) is 0 Å². The third-order valence-corrected chi connectivity index (χ3v) is 7.20. The fourth-order valence-electron chi connectivity index (χ4n) is 2.48. The number of nitrogens with two attached hydrogens (primary N) is 1. The first-order valence-electron chi connectivity index (χ1n) is 6.72. The Balaban J connectivity index is 2.37. The van der Waals surface area contributed by atoms with Crippen LogP contribution in [0.3, 0.4) is 0 Å². The van der Waals surface area contributed by atoms with Crippen molar-refractivity contribution in [2.75, 3.05) is 18.8 Å². The van der Waals surface area contributed by atoms with E-state index in [4.69, 9.17) is 17.3 Å². The molecule has 1 aromatic rings. The van der Waals surface area contributed by atoms with E-state index in [2.05, 4.69) is 22.9 Å². The summed E-state index contributed by atoms with van der Waals surface area (Å²) in [5, 5.41) is 0.0796. The van der Waals surface area contributed by atoms with E-state index in [-0.39, 0.29) is 15.2 Å². The number of nitrogen functional groups attached to an aromatic ring is 1. The highest BCUT2D eigenvalue weighted by Crippen LogP contribution is 2.36. The van der Waals surface area contributed by atoms with Gasteiger partial charge in [0.15, 0.2) is 5.82 Å². The van der Waals surface area contributed by atoms with Crippen LogP contribution in [-0.4, -0.2) is 25.8 Å². The van der Waals surface area contributed by atoms with Crippen molar-refractivity contribution in [2.45, 2.75) is 31.1 Å². The fourth-order valence-corrected chi connectivity index (χ4v) is 4.62. The standard InChI is InChI=1S/C13H17BrClFN2O2S/c1-2-8-3-5-18(6-4-8)21(19,20)10-7-9(15)11(14)13(17)12(10)16/h7-8H,2-6,17H2,1H3. The summed E-state index contributed by atoms with van der Waals surface area (Å²) in [6.07, 6.45) is 2.60. The van der Waals surface area contributed by atoms with E-state index in [0.717, 1.165) is 25.3 Å². The first-order chi connectivity index (χ1) is 9.78. The second kappa shape index (κ2) is 6.40. The van der Waals surface area contributed by atoms with Gasteiger partial charge in [0.2, 0.25) is 10.0 Å². The molecule has 0 atom stereocenters. The SMILES string of the molecule is CCC1CCN(S(=O)(=O)c2cc(Cl)c(Br)c(N)c2F)CC1. The molecule has 0 spiro atoms. The molecule has 1 aliphatic rings. The third kappa shape index (κ3) is 3.21. The summed E-state index contributed by atoms with van der Waals surface area (Å²) in [5.41, 5.74) is 5.28. The van der Waals surface area contributed by atoms with Crippen molar-refractivity contribution in [1.82, 2.24) is 4.31 Å². The number of hydrogen-bond acceptors (Lipinski definition) is 3. The molecule has 8 heteroatoms. The zero-order valence-corrected chi connectivity index (χ0v) is 14.7. The van der Waals surface area contributed by atoms with Crippen LogP contribution in [0.2, 0.25) is 5.02 Å². The molecule has 0 radical (unpaired) electrons. The summed E-state index contributed by atoms with van der Waals surface area (Å²) in [6, 6.07) is 1.11. The zero-order valence-electron chi connectivity index (χ0n) is 11.6. The first-order valence-corrected chi connectivity index (χ1v) is 9.33. The number of piperidine rings is 1. The Labute approximate surface area is 137 Å². The van der Waals surface area contributed by atoms with Gasteiger partial charge < -0.3 is 5.73 Å². The monoisotopic (exact) mass is 398 g/mol. The third-order valence-electron chi connectivity index (χ3n) is 3.93. The van der Waals surface area contributed by atoms with Gasteiger partial charge in [0.05, 0.1) is 15.2 Å². The molecule has 1 aliphatic heterocycles. The number of hydrogen-bond donors (Lipinski definition) is 1. The van der Waals surface area contributed by atoms with Gasteiger partial charge in [-0.25, -0.2) is 12.8 Å². The smallest absolute Gasteiger partial charge is 0.246 e. The Bertz CT molecular complexity index is 646. The van der Waals surface area contributed by atoms with Crippen LogP contribution in [0.5, 0.6) is 0 Å². The van der Waals surface area contributed by atoms with Crippen molar-refractivity contribution < 1.29 is 12.8 Å². The molecule has 0 aliphatic carbocycles. The van der Waals surface area contributed by atoms with Crippen LogP contribution in [0.25, 0.3) is 0 Å². The number of rotatable bonds is 3. The summed E-state index contributed by atoms with van der Waals surface area (Å²) < 4.78 is 40.8. The summed E-state index contributed by atoms with van der Waals surface area (Å²) in [6.45, 7) is 2.88. The number of nitrogens with zero attached hydrogens (tertiary/aromatic N) is 1. The molecule has 1 heterocycles. The first kappa shape index (κ1) is 17.0. The predicted octanol–water partition coefficient (Wildman–Crippen LogP) is 3.63. The summed E-state index contributed by atoms with van der Waals surface area (Å²) in [7, 11) is -3.91. The number of benzene rings is 1. The molecule has 21 heavy (non-hydrogen) atoms. The lowest BCUT2D eigenvalue weighted by Crippen LogP contribution is -2.38. The Morgan fingerprint density at radius 1 is 1.48 bits per heavy atom. The van der Waals surface area contributed by atoms with Gasteiger partial charge in [-0.2, -0.15) is 4.31 Å². The van der Waals surface area contributed by atoms with E-state index < -0.39 is 20.7 Å². The van der Waals surface area contributed by atoms with E-state index in [1.807, 2.05) is 0 Å². The summed E-state index contributed by atoms with van der Waals surface area (Å²) in [4.78, 5) is -0.455. The van der Waals surface area contributed by atoms with Gasteiger partial charge in [-0.15, -0.1) is 0 Å². The second-order valence-electron chi connectivity index (χ2n) is 5.15. The molecular weight excluding hydrogens is 383 g/mol. The highest BCUT2D eigenvalue weighted by molar-refractivity contribution is 9.10.